The van der Waals surface area contributed by atoms with Crippen LogP contribution < -0.4 is 15.9 Å². The fraction of sp³-hybridized carbons (Fsp3) is 0.190. The van der Waals surface area contributed by atoms with Crippen molar-refractivity contribution in [3.63, 3.8) is 0 Å². The third-order valence-electron chi connectivity index (χ3n) is 4.74. The minimum absolute atomic E-state index is 0.0600. The average Bonchev–Trinajstić information content (AvgIpc) is 3.08. The number of para-hydroxylation sites is 1. The second kappa shape index (κ2) is 8.15. The number of anilines is 4. The summed E-state index contributed by atoms with van der Waals surface area (Å²) < 4.78 is 42.5. The van der Waals surface area contributed by atoms with Crippen LogP contribution in [0.1, 0.15) is 5.56 Å². The van der Waals surface area contributed by atoms with Crippen LogP contribution in [0.3, 0.4) is 0 Å². The maximum atomic E-state index is 13.6. The summed E-state index contributed by atoms with van der Waals surface area (Å²) in [6.07, 6.45) is -2.06. The summed E-state index contributed by atoms with van der Waals surface area (Å²) in [5.74, 6) is -0.235. The van der Waals surface area contributed by atoms with Crippen molar-refractivity contribution in [2.75, 3.05) is 24.0 Å². The molecule has 160 valence electrons. The summed E-state index contributed by atoms with van der Waals surface area (Å²) in [6.45, 7) is 4.09. The number of rotatable bonds is 5. The summed E-state index contributed by atoms with van der Waals surface area (Å²) >= 11 is 0. The van der Waals surface area contributed by atoms with Crippen LogP contribution in [0.2, 0.25) is 0 Å². The molecular weight excluding hydrogens is 424 g/mol. The largest absolute Gasteiger partial charge is 0.421 e. The van der Waals surface area contributed by atoms with Gasteiger partial charge in [-0.3, -0.25) is 4.68 Å². The summed E-state index contributed by atoms with van der Waals surface area (Å²) in [5, 5.41) is 12.0. The Hall–Kier alpha value is -3.19. The number of halogens is 3. The summed E-state index contributed by atoms with van der Waals surface area (Å²) in [6, 6.07) is 12.8. The van der Waals surface area contributed by atoms with E-state index in [9.17, 15) is 13.2 Å². The highest BCUT2D eigenvalue weighted by molar-refractivity contribution is 7.64. The molecule has 0 saturated carbocycles. The molecule has 0 radical (unpaired) electrons. The molecule has 0 aliphatic heterocycles. The van der Waals surface area contributed by atoms with Crippen molar-refractivity contribution < 1.29 is 13.2 Å². The zero-order valence-electron chi connectivity index (χ0n) is 17.1. The van der Waals surface area contributed by atoms with Crippen molar-refractivity contribution in [3.05, 3.63) is 60.4 Å². The van der Waals surface area contributed by atoms with Gasteiger partial charge >= 0.3 is 6.18 Å². The number of nitrogens with one attached hydrogen (secondary N) is 2. The van der Waals surface area contributed by atoms with Crippen LogP contribution >= 0.6 is 7.92 Å². The maximum absolute atomic E-state index is 13.6. The van der Waals surface area contributed by atoms with Crippen LogP contribution in [0.25, 0.3) is 10.9 Å². The van der Waals surface area contributed by atoms with E-state index in [1.165, 1.54) is 0 Å². The van der Waals surface area contributed by atoms with Crippen molar-refractivity contribution in [1.29, 1.82) is 0 Å². The van der Waals surface area contributed by atoms with Crippen molar-refractivity contribution in [1.82, 2.24) is 19.7 Å². The van der Waals surface area contributed by atoms with E-state index in [1.54, 1.807) is 29.1 Å². The molecule has 2 aromatic carbocycles. The second-order valence-electron chi connectivity index (χ2n) is 7.16. The number of aromatic nitrogens is 4. The Bertz CT molecular complexity index is 1240. The first-order valence-corrected chi connectivity index (χ1v) is 11.6. The molecule has 0 bridgehead atoms. The molecule has 2 heterocycles. The van der Waals surface area contributed by atoms with Crippen LogP contribution in [0, 0.1) is 0 Å². The van der Waals surface area contributed by atoms with Gasteiger partial charge in [0.2, 0.25) is 5.95 Å². The zero-order valence-corrected chi connectivity index (χ0v) is 18.0. The Labute approximate surface area is 178 Å². The highest BCUT2D eigenvalue weighted by atomic mass is 31.1. The standard InChI is InChI=1S/C21H20F3N6P/c1-30-17-10-14(9-8-13(17)11-26-30)27-20-25-12-15(21(22,23)24)19(29-20)28-16-6-4-5-7-18(16)31(2)3/h4-12H,1-3H3,(H2,25,27,28,29). The lowest BCUT2D eigenvalue weighted by Crippen LogP contribution is -2.15. The van der Waals surface area contributed by atoms with Crippen molar-refractivity contribution >= 4 is 47.3 Å². The molecule has 0 atom stereocenters. The normalized spacial score (nSPS) is 11.8. The van der Waals surface area contributed by atoms with Gasteiger partial charge in [0.15, 0.2) is 0 Å². The first-order chi connectivity index (χ1) is 14.7. The SMILES string of the molecule is Cn1ncc2ccc(Nc3ncc(C(F)(F)F)c(Nc4ccccc4P(C)C)n3)cc21. The fourth-order valence-electron chi connectivity index (χ4n) is 3.19. The molecule has 0 unspecified atom stereocenters. The molecule has 2 N–H and O–H groups in total. The van der Waals surface area contributed by atoms with Crippen molar-refractivity contribution in [3.8, 4) is 0 Å². The number of aryl methyl sites for hydroxylation is 1. The average molecular weight is 444 g/mol. The number of hydrogen-bond acceptors (Lipinski definition) is 5. The Balaban J connectivity index is 1.71. The smallest absolute Gasteiger partial charge is 0.339 e. The first kappa shape index (κ1) is 21.1. The number of benzene rings is 2. The van der Waals surface area contributed by atoms with Gasteiger partial charge in [0, 0.05) is 30.0 Å². The molecule has 0 aliphatic rings. The van der Waals surface area contributed by atoms with Crippen LogP contribution in [0.15, 0.2) is 54.9 Å². The molecule has 4 aromatic rings. The van der Waals surface area contributed by atoms with E-state index < -0.39 is 19.7 Å². The summed E-state index contributed by atoms with van der Waals surface area (Å²) in [4.78, 5) is 8.04. The molecule has 2 aromatic heterocycles. The highest BCUT2D eigenvalue weighted by Crippen LogP contribution is 2.36. The highest BCUT2D eigenvalue weighted by Gasteiger charge is 2.35. The molecule has 0 saturated heterocycles. The fourth-order valence-corrected chi connectivity index (χ4v) is 4.19. The Morgan fingerprint density at radius 3 is 2.52 bits per heavy atom. The maximum Gasteiger partial charge on any atom is 0.421 e. The van der Waals surface area contributed by atoms with Crippen LogP contribution in [0.5, 0.6) is 0 Å². The van der Waals surface area contributed by atoms with Crippen molar-refractivity contribution in [2.24, 2.45) is 7.05 Å². The molecule has 10 heteroatoms. The lowest BCUT2D eigenvalue weighted by atomic mass is 10.2. The van der Waals surface area contributed by atoms with Gasteiger partial charge in [0.25, 0.3) is 0 Å². The Morgan fingerprint density at radius 1 is 1.00 bits per heavy atom. The van der Waals surface area contributed by atoms with Gasteiger partial charge in [-0.1, -0.05) is 26.1 Å². The Kier molecular flexibility index (Phi) is 5.54. The second-order valence-corrected chi connectivity index (χ2v) is 9.43. The van der Waals surface area contributed by atoms with Crippen LogP contribution in [-0.2, 0) is 13.2 Å². The van der Waals surface area contributed by atoms with E-state index in [0.29, 0.717) is 11.4 Å². The van der Waals surface area contributed by atoms with Gasteiger partial charge in [0.05, 0.1) is 11.7 Å². The predicted molar refractivity (Wildman–Crippen MR) is 119 cm³/mol. The minimum Gasteiger partial charge on any atom is -0.339 e. The Morgan fingerprint density at radius 2 is 1.77 bits per heavy atom. The van der Waals surface area contributed by atoms with E-state index >= 15 is 0 Å². The van der Waals surface area contributed by atoms with Gasteiger partial charge in [0.1, 0.15) is 11.4 Å². The number of hydrogen-bond donors (Lipinski definition) is 2. The minimum atomic E-state index is -4.59. The van der Waals surface area contributed by atoms with E-state index in [0.717, 1.165) is 22.4 Å². The molecule has 0 aliphatic carbocycles. The topological polar surface area (TPSA) is 67.7 Å². The molecule has 0 fully saturated rings. The van der Waals surface area contributed by atoms with Gasteiger partial charge in [-0.15, -0.1) is 0 Å². The van der Waals surface area contributed by atoms with Crippen LogP contribution in [0.4, 0.5) is 36.3 Å². The van der Waals surface area contributed by atoms with E-state index in [2.05, 4.69) is 25.7 Å². The number of fused-ring (bicyclic) bond motifs is 1. The van der Waals surface area contributed by atoms with Crippen LogP contribution in [-0.4, -0.2) is 33.1 Å². The molecular formula is C21H20F3N6P. The summed E-state index contributed by atoms with van der Waals surface area (Å²) in [5.41, 5.74) is 1.20. The van der Waals surface area contributed by atoms with E-state index in [-0.39, 0.29) is 11.8 Å². The summed E-state index contributed by atoms with van der Waals surface area (Å²) in [7, 11) is 1.29. The molecule has 0 amide bonds. The monoisotopic (exact) mass is 444 g/mol. The van der Waals surface area contributed by atoms with Gasteiger partial charge in [-0.05, 0) is 42.9 Å². The molecule has 6 nitrogen and oxygen atoms in total. The third-order valence-corrected chi connectivity index (χ3v) is 6.09. The lowest BCUT2D eigenvalue weighted by Gasteiger charge is -2.18. The first-order valence-electron chi connectivity index (χ1n) is 9.39. The number of alkyl halides is 3. The zero-order chi connectivity index (χ0) is 22.2. The lowest BCUT2D eigenvalue weighted by molar-refractivity contribution is -0.137. The van der Waals surface area contributed by atoms with Gasteiger partial charge in [-0.2, -0.15) is 23.3 Å². The quantitative estimate of drug-likeness (QED) is 0.413. The molecule has 0 spiro atoms. The molecule has 31 heavy (non-hydrogen) atoms. The van der Waals surface area contributed by atoms with E-state index in [1.807, 2.05) is 44.6 Å². The van der Waals surface area contributed by atoms with E-state index in [4.69, 9.17) is 0 Å². The third kappa shape index (κ3) is 4.46. The molecule has 4 rings (SSSR count). The van der Waals surface area contributed by atoms with Gasteiger partial charge < -0.3 is 10.6 Å². The number of nitrogens with zero attached hydrogens (tertiary/aromatic N) is 4. The predicted octanol–water partition coefficient (Wildman–Crippen LogP) is 5.24. The van der Waals surface area contributed by atoms with Gasteiger partial charge in [-0.25, -0.2) is 4.98 Å². The van der Waals surface area contributed by atoms with Crippen molar-refractivity contribution in [2.45, 2.75) is 6.18 Å².